The molecule has 2 aliphatic heterocycles. The summed E-state index contributed by atoms with van der Waals surface area (Å²) in [6.45, 7) is 13.0. The standard InChI is InChI=1S/C25H33N3O3S/c1-7-31-24(30)22-18(6)27-25-28(23(22)20-9-8-16(4)12-17(20)5)19(14-32-25)13-21(29)26-11-10-15(2)3/h8-9,12,14-15,23H,7,10-11,13H2,1-6H3,(H,26,29)/t23-/m1/s1. The predicted molar refractivity (Wildman–Crippen MR) is 130 cm³/mol. The van der Waals surface area contributed by atoms with Crippen molar-refractivity contribution >= 4 is 28.8 Å². The van der Waals surface area contributed by atoms with Crippen LogP contribution in [-0.4, -0.2) is 35.1 Å². The van der Waals surface area contributed by atoms with Crippen LogP contribution in [0.2, 0.25) is 0 Å². The van der Waals surface area contributed by atoms with Crippen LogP contribution in [0.5, 0.6) is 0 Å². The molecule has 1 atom stereocenters. The van der Waals surface area contributed by atoms with E-state index in [0.717, 1.165) is 34.0 Å². The second-order valence-corrected chi connectivity index (χ2v) is 9.52. The van der Waals surface area contributed by atoms with E-state index in [9.17, 15) is 9.59 Å². The number of fused-ring (bicyclic) bond motifs is 1. The molecule has 0 saturated carbocycles. The van der Waals surface area contributed by atoms with Crippen molar-refractivity contribution in [1.29, 1.82) is 0 Å². The topological polar surface area (TPSA) is 71.0 Å². The van der Waals surface area contributed by atoms with Crippen LogP contribution in [0.1, 0.15) is 63.3 Å². The molecule has 32 heavy (non-hydrogen) atoms. The van der Waals surface area contributed by atoms with Gasteiger partial charge in [0.05, 0.1) is 30.3 Å². The number of nitrogens with one attached hydrogen (secondary N) is 1. The third-order valence-corrected chi connectivity index (χ3v) is 6.49. The number of esters is 1. The van der Waals surface area contributed by atoms with Gasteiger partial charge in [0, 0.05) is 12.2 Å². The first-order valence-corrected chi connectivity index (χ1v) is 12.1. The largest absolute Gasteiger partial charge is 0.463 e. The number of aliphatic imine (C=N–C) groups is 1. The van der Waals surface area contributed by atoms with Gasteiger partial charge in [0.15, 0.2) is 5.17 Å². The normalized spacial score (nSPS) is 17.8. The van der Waals surface area contributed by atoms with Gasteiger partial charge >= 0.3 is 5.97 Å². The van der Waals surface area contributed by atoms with Crippen LogP contribution in [0.15, 0.2) is 45.6 Å². The molecular weight excluding hydrogens is 422 g/mol. The van der Waals surface area contributed by atoms with Gasteiger partial charge in [-0.15, -0.1) is 0 Å². The summed E-state index contributed by atoms with van der Waals surface area (Å²) in [5, 5.41) is 5.77. The number of carbonyl (C=O) groups excluding carboxylic acids is 2. The molecule has 0 radical (unpaired) electrons. The zero-order valence-corrected chi connectivity index (χ0v) is 20.6. The molecule has 1 N–H and O–H groups in total. The van der Waals surface area contributed by atoms with Crippen molar-refractivity contribution in [2.24, 2.45) is 10.9 Å². The van der Waals surface area contributed by atoms with Crippen LogP contribution in [0.25, 0.3) is 0 Å². The van der Waals surface area contributed by atoms with Gasteiger partial charge in [0.25, 0.3) is 0 Å². The van der Waals surface area contributed by atoms with Crippen LogP contribution in [0.3, 0.4) is 0 Å². The number of allylic oxidation sites excluding steroid dienone is 1. The predicted octanol–water partition coefficient (Wildman–Crippen LogP) is 4.99. The number of ether oxygens (including phenoxy) is 1. The molecule has 0 saturated heterocycles. The second-order valence-electron chi connectivity index (χ2n) is 8.68. The lowest BCUT2D eigenvalue weighted by molar-refractivity contribution is -0.139. The maximum atomic E-state index is 13.0. The maximum absolute atomic E-state index is 13.0. The minimum Gasteiger partial charge on any atom is -0.463 e. The monoisotopic (exact) mass is 455 g/mol. The molecule has 6 nitrogen and oxygen atoms in total. The van der Waals surface area contributed by atoms with Gasteiger partial charge in [0.1, 0.15) is 0 Å². The SMILES string of the molecule is CCOC(=O)C1=C(C)N=C2SC=C(CC(=O)NCCC(C)C)N2[C@@H]1c1ccc(C)cc1C. The highest BCUT2D eigenvalue weighted by atomic mass is 32.2. The van der Waals surface area contributed by atoms with E-state index in [1.54, 1.807) is 6.92 Å². The minimum absolute atomic E-state index is 0.0258. The molecule has 3 rings (SSSR count). The first-order valence-electron chi connectivity index (χ1n) is 11.2. The first-order chi connectivity index (χ1) is 15.2. The summed E-state index contributed by atoms with van der Waals surface area (Å²) in [4.78, 5) is 32.4. The molecule has 0 aromatic heterocycles. The van der Waals surface area contributed by atoms with Crippen molar-refractivity contribution in [2.45, 2.75) is 60.4 Å². The lowest BCUT2D eigenvalue weighted by Crippen LogP contribution is -2.38. The molecule has 172 valence electrons. The van der Waals surface area contributed by atoms with Crippen molar-refractivity contribution < 1.29 is 14.3 Å². The van der Waals surface area contributed by atoms with Gasteiger partial charge in [-0.3, -0.25) is 4.79 Å². The van der Waals surface area contributed by atoms with Crippen LogP contribution in [0.4, 0.5) is 0 Å². The Balaban J connectivity index is 1.96. The van der Waals surface area contributed by atoms with E-state index in [4.69, 9.17) is 9.73 Å². The Labute approximate surface area is 195 Å². The Morgan fingerprint density at radius 1 is 1.25 bits per heavy atom. The van der Waals surface area contributed by atoms with E-state index in [-0.39, 0.29) is 24.3 Å². The number of amidine groups is 1. The third-order valence-electron chi connectivity index (χ3n) is 5.60. The number of carbonyl (C=O) groups is 2. The molecule has 1 aromatic rings. The Morgan fingerprint density at radius 2 is 2.00 bits per heavy atom. The molecule has 0 unspecified atom stereocenters. The fourth-order valence-electron chi connectivity index (χ4n) is 3.99. The number of thioether (sulfide) groups is 1. The van der Waals surface area contributed by atoms with Crippen molar-refractivity contribution in [3.05, 3.63) is 57.3 Å². The Morgan fingerprint density at radius 3 is 2.66 bits per heavy atom. The van der Waals surface area contributed by atoms with Crippen molar-refractivity contribution in [3.63, 3.8) is 0 Å². The van der Waals surface area contributed by atoms with Crippen molar-refractivity contribution in [2.75, 3.05) is 13.2 Å². The van der Waals surface area contributed by atoms with Gasteiger partial charge in [-0.1, -0.05) is 49.4 Å². The summed E-state index contributed by atoms with van der Waals surface area (Å²) in [6.07, 6.45) is 1.18. The number of benzene rings is 1. The van der Waals surface area contributed by atoms with Crippen LogP contribution in [0, 0.1) is 19.8 Å². The van der Waals surface area contributed by atoms with Crippen LogP contribution in [-0.2, 0) is 14.3 Å². The molecule has 0 fully saturated rings. The highest BCUT2D eigenvalue weighted by Gasteiger charge is 2.41. The number of amides is 1. The number of rotatable bonds is 8. The fraction of sp³-hybridized carbons (Fsp3) is 0.480. The molecule has 2 aliphatic rings. The second kappa shape index (κ2) is 10.4. The fourth-order valence-corrected chi connectivity index (χ4v) is 4.96. The molecule has 7 heteroatoms. The quantitative estimate of drug-likeness (QED) is 0.559. The Kier molecular flexibility index (Phi) is 7.82. The number of hydrogen-bond acceptors (Lipinski definition) is 6. The van der Waals surface area contributed by atoms with Gasteiger partial charge in [-0.25, -0.2) is 9.79 Å². The van der Waals surface area contributed by atoms with E-state index in [0.29, 0.717) is 30.3 Å². The van der Waals surface area contributed by atoms with Gasteiger partial charge in [-0.2, -0.15) is 0 Å². The first kappa shape index (κ1) is 24.1. The van der Waals surface area contributed by atoms with Gasteiger partial charge in [-0.05, 0) is 56.6 Å². The maximum Gasteiger partial charge on any atom is 0.338 e. The smallest absolute Gasteiger partial charge is 0.338 e. The average Bonchev–Trinajstić information content (AvgIpc) is 3.09. The van der Waals surface area contributed by atoms with Crippen LogP contribution >= 0.6 is 11.8 Å². The summed E-state index contributed by atoms with van der Waals surface area (Å²) >= 11 is 1.49. The lowest BCUT2D eigenvalue weighted by Gasteiger charge is -2.37. The van der Waals surface area contributed by atoms with Crippen molar-refractivity contribution in [1.82, 2.24) is 10.2 Å². The van der Waals surface area contributed by atoms with E-state index < -0.39 is 0 Å². The Hall–Kier alpha value is -2.54. The minimum atomic E-state index is -0.383. The summed E-state index contributed by atoms with van der Waals surface area (Å²) in [6, 6.07) is 5.85. The number of nitrogens with zero attached hydrogens (tertiary/aromatic N) is 2. The molecule has 0 aliphatic carbocycles. The van der Waals surface area contributed by atoms with E-state index in [1.165, 1.54) is 11.8 Å². The van der Waals surface area contributed by atoms with Gasteiger partial charge in [0.2, 0.25) is 5.91 Å². The summed E-state index contributed by atoms with van der Waals surface area (Å²) < 4.78 is 5.41. The van der Waals surface area contributed by atoms with Crippen LogP contribution < -0.4 is 5.32 Å². The zero-order chi connectivity index (χ0) is 23.4. The zero-order valence-electron chi connectivity index (χ0n) is 19.8. The highest BCUT2D eigenvalue weighted by molar-refractivity contribution is 8.16. The third kappa shape index (κ3) is 5.26. The molecule has 0 spiro atoms. The summed E-state index contributed by atoms with van der Waals surface area (Å²) in [5.74, 6) is 0.143. The number of aryl methyl sites for hydroxylation is 2. The van der Waals surface area contributed by atoms with E-state index in [2.05, 4.69) is 51.2 Å². The number of hydrogen-bond donors (Lipinski definition) is 1. The summed E-state index contributed by atoms with van der Waals surface area (Å²) in [5.41, 5.74) is 5.28. The molecule has 1 amide bonds. The molecular formula is C25H33N3O3S. The summed E-state index contributed by atoms with van der Waals surface area (Å²) in [7, 11) is 0. The molecule has 1 aromatic carbocycles. The van der Waals surface area contributed by atoms with Crippen molar-refractivity contribution in [3.8, 4) is 0 Å². The van der Waals surface area contributed by atoms with Gasteiger partial charge < -0.3 is 15.0 Å². The molecule has 0 bridgehead atoms. The highest BCUT2D eigenvalue weighted by Crippen LogP contribution is 2.45. The lowest BCUT2D eigenvalue weighted by atomic mass is 9.90. The molecule has 2 heterocycles. The van der Waals surface area contributed by atoms with E-state index >= 15 is 0 Å². The average molecular weight is 456 g/mol. The van der Waals surface area contributed by atoms with E-state index in [1.807, 2.05) is 17.2 Å². The Bertz CT molecular complexity index is 994.